The molecule has 1 aromatic heterocycles. The van der Waals surface area contributed by atoms with Crippen LogP contribution in [0.1, 0.15) is 10.5 Å². The van der Waals surface area contributed by atoms with Gasteiger partial charge in [-0.1, -0.05) is 0 Å². The Hall–Kier alpha value is -2.25. The molecule has 128 valence electrons. The first kappa shape index (κ1) is 16.6. The zero-order valence-electron chi connectivity index (χ0n) is 13.7. The standard InChI is InChI=1S/C17H21FN4O2/c1-21(6-7-22-8-10-24-11-9-22)17(23)16-12-15(19-20-16)13-2-4-14(18)5-3-13/h2-5,12H,6-11H2,1H3,(H,19,20). The van der Waals surface area contributed by atoms with Crippen LogP contribution in [0.25, 0.3) is 11.3 Å². The van der Waals surface area contributed by atoms with Gasteiger partial charge in [0.2, 0.25) is 0 Å². The molecule has 1 aliphatic heterocycles. The van der Waals surface area contributed by atoms with E-state index in [0.717, 1.165) is 38.4 Å². The number of morpholine rings is 1. The molecule has 2 aromatic rings. The third-order valence-electron chi connectivity index (χ3n) is 4.15. The molecule has 0 radical (unpaired) electrons. The summed E-state index contributed by atoms with van der Waals surface area (Å²) in [6.07, 6.45) is 0. The van der Waals surface area contributed by atoms with Crippen molar-refractivity contribution < 1.29 is 13.9 Å². The van der Waals surface area contributed by atoms with E-state index >= 15 is 0 Å². The van der Waals surface area contributed by atoms with Gasteiger partial charge in [-0.15, -0.1) is 0 Å². The maximum atomic E-state index is 13.0. The first-order valence-electron chi connectivity index (χ1n) is 8.00. The van der Waals surface area contributed by atoms with Crippen molar-refractivity contribution >= 4 is 5.91 Å². The molecule has 1 amide bonds. The number of carbonyl (C=O) groups excluding carboxylic acids is 1. The third kappa shape index (κ3) is 3.98. The summed E-state index contributed by atoms with van der Waals surface area (Å²) in [5.41, 5.74) is 1.82. The van der Waals surface area contributed by atoms with E-state index in [1.807, 2.05) is 0 Å². The number of ether oxygens (including phenoxy) is 1. The highest BCUT2D eigenvalue weighted by Crippen LogP contribution is 2.18. The van der Waals surface area contributed by atoms with E-state index in [0.29, 0.717) is 17.9 Å². The number of hydrogen-bond donors (Lipinski definition) is 1. The molecule has 3 rings (SSSR count). The van der Waals surface area contributed by atoms with E-state index in [-0.39, 0.29) is 11.7 Å². The summed E-state index contributed by atoms with van der Waals surface area (Å²) in [5, 5.41) is 6.92. The summed E-state index contributed by atoms with van der Waals surface area (Å²) in [6.45, 7) is 4.77. The maximum absolute atomic E-state index is 13.0. The van der Waals surface area contributed by atoms with Gasteiger partial charge in [-0.2, -0.15) is 5.10 Å². The molecule has 7 heteroatoms. The van der Waals surface area contributed by atoms with Crippen molar-refractivity contribution in [3.8, 4) is 11.3 Å². The molecular formula is C17H21FN4O2. The summed E-state index contributed by atoms with van der Waals surface area (Å²) in [7, 11) is 1.78. The van der Waals surface area contributed by atoms with E-state index in [1.54, 1.807) is 30.1 Å². The molecule has 2 heterocycles. The molecular weight excluding hydrogens is 311 g/mol. The highest BCUT2D eigenvalue weighted by molar-refractivity contribution is 5.93. The monoisotopic (exact) mass is 332 g/mol. The van der Waals surface area contributed by atoms with Gasteiger partial charge in [-0.05, 0) is 30.3 Å². The maximum Gasteiger partial charge on any atom is 0.271 e. The van der Waals surface area contributed by atoms with Crippen LogP contribution in [0.15, 0.2) is 30.3 Å². The minimum atomic E-state index is -0.298. The van der Waals surface area contributed by atoms with Crippen LogP contribution in [0.2, 0.25) is 0 Å². The number of aromatic nitrogens is 2. The second kappa shape index (κ2) is 7.55. The quantitative estimate of drug-likeness (QED) is 0.904. The number of nitrogens with one attached hydrogen (secondary N) is 1. The molecule has 1 saturated heterocycles. The number of likely N-dealkylation sites (N-methyl/N-ethyl adjacent to an activating group) is 1. The Kier molecular flexibility index (Phi) is 5.22. The number of H-pyrrole nitrogens is 1. The normalized spacial score (nSPS) is 15.4. The highest BCUT2D eigenvalue weighted by atomic mass is 19.1. The van der Waals surface area contributed by atoms with Gasteiger partial charge >= 0.3 is 0 Å². The lowest BCUT2D eigenvalue weighted by atomic mass is 10.1. The Morgan fingerprint density at radius 1 is 1.33 bits per heavy atom. The Balaban J connectivity index is 1.59. The summed E-state index contributed by atoms with van der Waals surface area (Å²) in [5.74, 6) is -0.405. The van der Waals surface area contributed by atoms with Gasteiger partial charge in [0, 0.05) is 38.8 Å². The van der Waals surface area contributed by atoms with Crippen LogP contribution >= 0.6 is 0 Å². The average molecular weight is 332 g/mol. The summed E-state index contributed by atoms with van der Waals surface area (Å²) >= 11 is 0. The minimum absolute atomic E-state index is 0.107. The molecule has 0 unspecified atom stereocenters. The van der Waals surface area contributed by atoms with E-state index in [1.165, 1.54) is 12.1 Å². The number of hydrogen-bond acceptors (Lipinski definition) is 4. The number of aromatic amines is 1. The molecule has 0 spiro atoms. The van der Waals surface area contributed by atoms with Crippen molar-refractivity contribution in [2.45, 2.75) is 0 Å². The number of halogens is 1. The number of amides is 1. The van der Waals surface area contributed by atoms with E-state index < -0.39 is 0 Å². The Bertz CT molecular complexity index is 680. The summed E-state index contributed by atoms with van der Waals surface area (Å²) in [6, 6.07) is 7.73. The van der Waals surface area contributed by atoms with Crippen LogP contribution in [0, 0.1) is 5.82 Å². The molecule has 1 fully saturated rings. The van der Waals surface area contributed by atoms with E-state index in [9.17, 15) is 9.18 Å². The smallest absolute Gasteiger partial charge is 0.271 e. The lowest BCUT2D eigenvalue weighted by Gasteiger charge is -2.28. The first-order chi connectivity index (χ1) is 11.6. The SMILES string of the molecule is CN(CCN1CCOCC1)C(=O)c1cc(-c2ccc(F)cc2)n[nH]1. The molecule has 1 aromatic carbocycles. The Labute approximate surface area is 140 Å². The van der Waals surface area contributed by atoms with Crippen LogP contribution < -0.4 is 0 Å². The van der Waals surface area contributed by atoms with Crippen molar-refractivity contribution in [1.82, 2.24) is 20.0 Å². The summed E-state index contributed by atoms with van der Waals surface area (Å²) in [4.78, 5) is 16.4. The number of carbonyl (C=O) groups is 1. The van der Waals surface area contributed by atoms with Gasteiger partial charge in [0.15, 0.2) is 0 Å². The fraction of sp³-hybridized carbons (Fsp3) is 0.412. The van der Waals surface area contributed by atoms with Crippen LogP contribution in [0.4, 0.5) is 4.39 Å². The number of rotatable bonds is 5. The van der Waals surface area contributed by atoms with Crippen LogP contribution in [0.3, 0.4) is 0 Å². The van der Waals surface area contributed by atoms with Crippen molar-refractivity contribution in [3.63, 3.8) is 0 Å². The van der Waals surface area contributed by atoms with Crippen molar-refractivity contribution in [3.05, 3.63) is 41.8 Å². The van der Waals surface area contributed by atoms with Crippen LogP contribution in [0.5, 0.6) is 0 Å². The Morgan fingerprint density at radius 3 is 2.75 bits per heavy atom. The lowest BCUT2D eigenvalue weighted by Crippen LogP contribution is -2.42. The van der Waals surface area contributed by atoms with Crippen molar-refractivity contribution in [2.75, 3.05) is 46.4 Å². The van der Waals surface area contributed by atoms with Crippen molar-refractivity contribution in [1.29, 1.82) is 0 Å². The molecule has 0 aliphatic carbocycles. The molecule has 0 saturated carbocycles. The van der Waals surface area contributed by atoms with E-state index in [2.05, 4.69) is 15.1 Å². The molecule has 6 nitrogen and oxygen atoms in total. The van der Waals surface area contributed by atoms with Crippen molar-refractivity contribution in [2.24, 2.45) is 0 Å². The zero-order chi connectivity index (χ0) is 16.9. The molecule has 0 atom stereocenters. The van der Waals surface area contributed by atoms with Gasteiger partial charge in [-0.25, -0.2) is 4.39 Å². The fourth-order valence-electron chi connectivity index (χ4n) is 2.62. The minimum Gasteiger partial charge on any atom is -0.379 e. The van der Waals surface area contributed by atoms with Gasteiger partial charge < -0.3 is 9.64 Å². The largest absolute Gasteiger partial charge is 0.379 e. The van der Waals surface area contributed by atoms with Gasteiger partial charge in [0.25, 0.3) is 5.91 Å². The number of benzene rings is 1. The predicted molar refractivity (Wildman–Crippen MR) is 88.2 cm³/mol. The van der Waals surface area contributed by atoms with Gasteiger partial charge in [-0.3, -0.25) is 14.8 Å². The molecule has 24 heavy (non-hydrogen) atoms. The van der Waals surface area contributed by atoms with E-state index in [4.69, 9.17) is 4.74 Å². The van der Waals surface area contributed by atoms with Gasteiger partial charge in [0.05, 0.1) is 18.9 Å². The Morgan fingerprint density at radius 2 is 2.04 bits per heavy atom. The topological polar surface area (TPSA) is 61.5 Å². The van der Waals surface area contributed by atoms with Crippen LogP contribution in [-0.4, -0.2) is 72.3 Å². The molecule has 1 aliphatic rings. The van der Waals surface area contributed by atoms with Crippen LogP contribution in [-0.2, 0) is 4.74 Å². The second-order valence-corrected chi connectivity index (χ2v) is 5.85. The molecule has 1 N–H and O–H groups in total. The fourth-order valence-corrected chi connectivity index (χ4v) is 2.62. The van der Waals surface area contributed by atoms with Gasteiger partial charge in [0.1, 0.15) is 11.5 Å². The lowest BCUT2D eigenvalue weighted by molar-refractivity contribution is 0.0338. The average Bonchev–Trinajstić information content (AvgIpc) is 3.10. The second-order valence-electron chi connectivity index (χ2n) is 5.85. The molecule has 0 bridgehead atoms. The predicted octanol–water partition coefficient (Wildman–Crippen LogP) is 1.62. The first-order valence-corrected chi connectivity index (χ1v) is 8.00. The zero-order valence-corrected chi connectivity index (χ0v) is 13.7. The highest BCUT2D eigenvalue weighted by Gasteiger charge is 2.17. The summed E-state index contributed by atoms with van der Waals surface area (Å²) < 4.78 is 18.3. The third-order valence-corrected chi connectivity index (χ3v) is 4.15. The number of nitrogens with zero attached hydrogens (tertiary/aromatic N) is 3.